The normalized spacial score (nSPS) is 12.6. The van der Waals surface area contributed by atoms with Gasteiger partial charge in [0.25, 0.3) is 5.91 Å². The van der Waals surface area contributed by atoms with E-state index in [0.717, 1.165) is 10.5 Å². The maximum absolute atomic E-state index is 13.3. The lowest BCUT2D eigenvalue weighted by atomic mass is 10.0. The summed E-state index contributed by atoms with van der Waals surface area (Å²) in [5.41, 5.74) is 2.96. The van der Waals surface area contributed by atoms with E-state index in [1.165, 1.54) is 4.90 Å². The van der Waals surface area contributed by atoms with Crippen LogP contribution in [0, 0.1) is 0 Å². The maximum Gasteiger partial charge on any atom is 0.335 e. The number of carbonyl (C=O) groups is 4. The Hall–Kier alpha value is -3.95. The number of ether oxygens (including phenoxy) is 1. The average molecular weight is 703 g/mol. The smallest absolute Gasteiger partial charge is 0.335 e. The second kappa shape index (κ2) is 30.1. The van der Waals surface area contributed by atoms with Gasteiger partial charge in [0.15, 0.2) is 0 Å². The maximum atomic E-state index is 13.3. The zero-order chi connectivity index (χ0) is 38.5. The van der Waals surface area contributed by atoms with Crippen molar-refractivity contribution in [1.29, 1.82) is 0 Å². The molecule has 9 nitrogen and oxygen atoms in total. The van der Waals surface area contributed by atoms with E-state index in [2.05, 4.69) is 10.6 Å². The number of halogens is 1. The van der Waals surface area contributed by atoms with Crippen LogP contribution in [0.5, 0.6) is 0 Å². The van der Waals surface area contributed by atoms with Gasteiger partial charge in [-0.25, -0.2) is 14.5 Å². The van der Waals surface area contributed by atoms with Crippen LogP contribution in [0.4, 0.5) is 10.5 Å². The van der Waals surface area contributed by atoms with Gasteiger partial charge in [-0.3, -0.25) is 14.5 Å². The average Bonchev–Trinajstić information content (AvgIpc) is 3.37. The molecule has 0 saturated heterocycles. The number of allylic oxidation sites excluding steroid dienone is 5. The number of carbonyl (C=O) groups excluding carboxylic acids is 4. The van der Waals surface area contributed by atoms with Gasteiger partial charge in [0.05, 0.1) is 17.4 Å². The molecule has 0 unspecified atom stereocenters. The Morgan fingerprint density at radius 2 is 1.53 bits per heavy atom. The van der Waals surface area contributed by atoms with Crippen molar-refractivity contribution in [3.8, 4) is 0 Å². The van der Waals surface area contributed by atoms with Crippen molar-refractivity contribution in [2.45, 2.75) is 108 Å². The monoisotopic (exact) mass is 702 g/mol. The van der Waals surface area contributed by atoms with Crippen molar-refractivity contribution < 1.29 is 23.9 Å². The van der Waals surface area contributed by atoms with Gasteiger partial charge in [0.1, 0.15) is 6.04 Å². The molecule has 49 heavy (non-hydrogen) atoms. The number of anilines is 1. The topological polar surface area (TPSA) is 108 Å². The van der Waals surface area contributed by atoms with Gasteiger partial charge < -0.3 is 15.4 Å². The van der Waals surface area contributed by atoms with E-state index in [4.69, 9.17) is 16.3 Å². The zero-order valence-electron chi connectivity index (χ0n) is 32.4. The number of nitrogens with zero attached hydrogens (tertiary/aromatic N) is 2. The van der Waals surface area contributed by atoms with Crippen molar-refractivity contribution in [3.05, 3.63) is 88.2 Å². The lowest BCUT2D eigenvalue weighted by molar-refractivity contribution is -0.151. The summed E-state index contributed by atoms with van der Waals surface area (Å²) >= 11 is 6.16. The quantitative estimate of drug-likeness (QED) is 0.0975. The number of likely N-dealkylation sites (N-methyl/N-ethyl adjacent to an activating group) is 2. The summed E-state index contributed by atoms with van der Waals surface area (Å²) in [7, 11) is 3.46. The minimum absolute atomic E-state index is 0.121. The van der Waals surface area contributed by atoms with Crippen LogP contribution in [0.1, 0.15) is 95.1 Å². The van der Waals surface area contributed by atoms with Crippen LogP contribution in [0.2, 0.25) is 0 Å². The number of benzene rings is 1. The zero-order valence-corrected chi connectivity index (χ0v) is 33.2. The van der Waals surface area contributed by atoms with Gasteiger partial charge in [-0.1, -0.05) is 110 Å². The molecule has 0 fully saturated rings. The van der Waals surface area contributed by atoms with Gasteiger partial charge in [-0.2, -0.15) is 0 Å². The Kier molecular flexibility index (Phi) is 30.4. The molecule has 0 aliphatic heterocycles. The van der Waals surface area contributed by atoms with E-state index in [0.29, 0.717) is 36.3 Å². The highest BCUT2D eigenvalue weighted by molar-refractivity contribution is 6.35. The summed E-state index contributed by atoms with van der Waals surface area (Å²) in [5.74, 6) is -1.10. The molecule has 0 heterocycles. The largest absolute Gasteiger partial charge is 0.461 e. The third kappa shape index (κ3) is 17.9. The first kappa shape index (κ1) is 49.4. The van der Waals surface area contributed by atoms with Gasteiger partial charge in [0.2, 0.25) is 6.41 Å². The second-order valence-corrected chi connectivity index (χ2v) is 9.96. The number of hydrogen-bond acceptors (Lipinski definition) is 6. The third-order valence-corrected chi connectivity index (χ3v) is 6.56. The van der Waals surface area contributed by atoms with E-state index in [-0.39, 0.29) is 23.1 Å². The summed E-state index contributed by atoms with van der Waals surface area (Å²) in [6, 6.07) is 5.10. The molecular weight excluding hydrogens is 640 g/mol. The minimum Gasteiger partial charge on any atom is -0.461 e. The molecule has 0 saturated carbocycles. The third-order valence-electron chi connectivity index (χ3n) is 6.13. The van der Waals surface area contributed by atoms with Crippen molar-refractivity contribution in [1.82, 2.24) is 15.5 Å². The highest BCUT2D eigenvalue weighted by Crippen LogP contribution is 2.21. The molecule has 0 spiro atoms. The number of nitrogens with one attached hydrogen (secondary N) is 2. The Morgan fingerprint density at radius 1 is 0.959 bits per heavy atom. The molecule has 2 N–H and O–H groups in total. The molecule has 1 atom stereocenters. The van der Waals surface area contributed by atoms with Crippen LogP contribution in [-0.2, 0) is 25.5 Å². The molecule has 1 aromatic carbocycles. The van der Waals surface area contributed by atoms with Gasteiger partial charge in [-0.05, 0) is 70.5 Å². The lowest BCUT2D eigenvalue weighted by Gasteiger charge is -2.25. The summed E-state index contributed by atoms with van der Waals surface area (Å²) in [6.07, 6.45) is 11.8. The Morgan fingerprint density at radius 3 is 2.00 bits per heavy atom. The number of esters is 1. The predicted molar refractivity (Wildman–Crippen MR) is 208 cm³/mol. The molecule has 1 aromatic rings. The van der Waals surface area contributed by atoms with E-state index in [9.17, 15) is 19.2 Å². The number of imide groups is 1. The predicted octanol–water partition coefficient (Wildman–Crippen LogP) is 8.86. The number of hydrogen-bond donors (Lipinski definition) is 2. The Balaban J connectivity index is -0.00000245. The molecule has 2 rings (SSSR count). The minimum atomic E-state index is -0.990. The molecule has 4 amide bonds. The van der Waals surface area contributed by atoms with E-state index < -0.39 is 23.9 Å². The first-order valence-electron chi connectivity index (χ1n) is 17.4. The standard InChI is InChI=1S/C31H39ClN4O5.4C2H6/c1-7-26(27(32)8-2)29(38)34-28(30(39)41-21(3)4)18-22-13-15-24(16-14-22)36(20-37)31(40)35(6)25-12-10-9-11-23(17-25)19-33-5;4*1-2/h7-9,11-17,20-21,28,33H,10,18-19H2,1-6H3,(H,34,38);4*1-2H3/b26-7-,27-8?;;;;/t28-;;;;/m0..../s1. The van der Waals surface area contributed by atoms with Gasteiger partial charge >= 0.3 is 12.0 Å². The first-order chi connectivity index (χ1) is 23.6. The summed E-state index contributed by atoms with van der Waals surface area (Å²) in [4.78, 5) is 53.4. The fraction of sp³-hybridized carbons (Fsp3) is 0.487. The van der Waals surface area contributed by atoms with E-state index in [1.54, 1.807) is 71.2 Å². The second-order valence-electron chi connectivity index (χ2n) is 9.55. The van der Waals surface area contributed by atoms with Crippen molar-refractivity contribution in [3.63, 3.8) is 0 Å². The van der Waals surface area contributed by atoms with E-state index >= 15 is 0 Å². The highest BCUT2D eigenvalue weighted by Gasteiger charge is 2.26. The molecule has 1 aliphatic rings. The molecule has 1 aliphatic carbocycles. The van der Waals surface area contributed by atoms with E-state index in [1.807, 2.05) is 86.7 Å². The van der Waals surface area contributed by atoms with Gasteiger partial charge in [-0.15, -0.1) is 0 Å². The van der Waals surface area contributed by atoms with Crippen LogP contribution in [-0.4, -0.2) is 62.0 Å². The molecule has 0 bridgehead atoms. The van der Waals surface area contributed by atoms with Crippen LogP contribution in [0.3, 0.4) is 0 Å². The molecule has 276 valence electrons. The molecule has 0 aromatic heterocycles. The highest BCUT2D eigenvalue weighted by atomic mass is 35.5. The van der Waals surface area contributed by atoms with Crippen molar-refractivity contribution in [2.75, 3.05) is 25.5 Å². The Bertz CT molecular complexity index is 1260. The van der Waals surface area contributed by atoms with Crippen LogP contribution >= 0.6 is 11.6 Å². The number of amides is 4. The fourth-order valence-corrected chi connectivity index (χ4v) is 4.24. The van der Waals surface area contributed by atoms with Crippen LogP contribution in [0.15, 0.2) is 82.6 Å². The number of rotatable bonds is 12. The molecular formula is C39H63ClN4O5. The fourth-order valence-electron chi connectivity index (χ4n) is 4.05. The summed E-state index contributed by atoms with van der Waals surface area (Å²) in [5, 5.41) is 6.07. The van der Waals surface area contributed by atoms with Crippen LogP contribution in [0.25, 0.3) is 0 Å². The van der Waals surface area contributed by atoms with Crippen molar-refractivity contribution >= 4 is 41.6 Å². The van der Waals surface area contributed by atoms with Gasteiger partial charge in [0, 0.05) is 30.7 Å². The first-order valence-corrected chi connectivity index (χ1v) is 17.8. The van der Waals surface area contributed by atoms with Crippen molar-refractivity contribution in [2.24, 2.45) is 0 Å². The Labute approximate surface area is 302 Å². The summed E-state index contributed by atoms with van der Waals surface area (Å²) in [6.45, 7) is 23.5. The molecule has 10 heteroatoms. The SMILES string of the molecule is CC.CC.CC.CC.CC=C(Cl)/C(=C/C)C(=O)N[C@@H](Cc1ccc(N(C=O)C(=O)N(C)C2=CCC=CC(CNC)=C2)cc1)C(=O)OC(C)C. The summed E-state index contributed by atoms with van der Waals surface area (Å²) < 4.78 is 5.37. The van der Waals surface area contributed by atoms with Crippen LogP contribution < -0.4 is 15.5 Å². The number of urea groups is 1. The lowest BCUT2D eigenvalue weighted by Crippen LogP contribution is -2.44. The molecule has 0 radical (unpaired) electrons.